The number of nitrogens with one attached hydrogen (secondary N) is 2. The van der Waals surface area contributed by atoms with Gasteiger partial charge in [-0.25, -0.2) is 4.79 Å². The molecule has 0 saturated heterocycles. The van der Waals surface area contributed by atoms with Crippen molar-refractivity contribution in [1.82, 2.24) is 10.9 Å². The van der Waals surface area contributed by atoms with Gasteiger partial charge in [0, 0.05) is 5.56 Å². The lowest BCUT2D eigenvalue weighted by Gasteiger charge is -2.10. The number of hydrazine groups is 1. The second-order valence-electron chi connectivity index (χ2n) is 6.17. The van der Waals surface area contributed by atoms with Crippen molar-refractivity contribution in [2.45, 2.75) is 13.8 Å². The number of hydrogen-bond donors (Lipinski definition) is 2. The monoisotopic (exact) mass is 370 g/mol. The lowest BCUT2D eigenvalue weighted by Crippen LogP contribution is -2.43. The number of amides is 2. The van der Waals surface area contributed by atoms with Crippen LogP contribution in [0.25, 0.3) is 0 Å². The summed E-state index contributed by atoms with van der Waals surface area (Å²) in [7, 11) is 0. The summed E-state index contributed by atoms with van der Waals surface area (Å²) in [5.41, 5.74) is 5.13. The lowest BCUT2D eigenvalue weighted by atomic mass is 10.2. The molecule has 0 atom stereocenters. The third-order valence-corrected chi connectivity index (χ3v) is 3.36. The van der Waals surface area contributed by atoms with Crippen molar-refractivity contribution in [2.75, 3.05) is 13.2 Å². The molecule has 2 aromatic rings. The Morgan fingerprint density at radius 2 is 1.56 bits per heavy atom. The molecule has 2 N–H and O–H groups in total. The molecular weight excluding hydrogens is 348 g/mol. The van der Waals surface area contributed by atoms with E-state index in [0.29, 0.717) is 29.4 Å². The smallest absolute Gasteiger partial charge is 0.338 e. The predicted octanol–water partition coefficient (Wildman–Crippen LogP) is 2.34. The van der Waals surface area contributed by atoms with Gasteiger partial charge in [0.05, 0.1) is 12.2 Å². The van der Waals surface area contributed by atoms with Crippen LogP contribution in [0.5, 0.6) is 5.75 Å². The first-order chi connectivity index (χ1) is 13.0. The van der Waals surface area contributed by atoms with Crippen LogP contribution in [0.15, 0.2) is 54.6 Å². The molecule has 0 aliphatic carbocycles. The minimum absolute atomic E-state index is 0.299. The van der Waals surface area contributed by atoms with Crippen molar-refractivity contribution in [3.8, 4) is 5.75 Å². The molecule has 142 valence electrons. The first-order valence-electron chi connectivity index (χ1n) is 8.50. The molecule has 2 amide bonds. The summed E-state index contributed by atoms with van der Waals surface area (Å²) in [5, 5.41) is 0. The number of esters is 1. The molecule has 0 spiro atoms. The maximum absolute atomic E-state index is 12.0. The van der Waals surface area contributed by atoms with E-state index in [1.807, 2.05) is 13.8 Å². The lowest BCUT2D eigenvalue weighted by molar-refractivity contribution is -0.125. The fourth-order valence-electron chi connectivity index (χ4n) is 1.99. The van der Waals surface area contributed by atoms with Gasteiger partial charge in [-0.2, -0.15) is 0 Å². The quantitative estimate of drug-likeness (QED) is 0.576. The molecule has 0 unspecified atom stereocenters. The molecule has 0 fully saturated rings. The fraction of sp³-hybridized carbons (Fsp3) is 0.250. The number of hydrogen-bond acceptors (Lipinski definition) is 5. The molecule has 0 aliphatic heterocycles. The molecule has 27 heavy (non-hydrogen) atoms. The van der Waals surface area contributed by atoms with Crippen molar-refractivity contribution >= 4 is 17.8 Å². The van der Waals surface area contributed by atoms with E-state index in [1.54, 1.807) is 54.6 Å². The van der Waals surface area contributed by atoms with Crippen LogP contribution >= 0.6 is 0 Å². The van der Waals surface area contributed by atoms with Crippen molar-refractivity contribution in [3.05, 3.63) is 65.7 Å². The Morgan fingerprint density at radius 1 is 0.889 bits per heavy atom. The standard InChI is InChI=1S/C20H22N2O5/c1-14(2)12-26-17-10-8-16(9-11-17)20(25)27-13-18(23)21-22-19(24)15-6-4-3-5-7-15/h3-11,14H,12-13H2,1-2H3,(H,21,23)(H,22,24). The summed E-state index contributed by atoms with van der Waals surface area (Å²) < 4.78 is 10.5. The molecule has 0 radical (unpaired) electrons. The van der Waals surface area contributed by atoms with Gasteiger partial charge < -0.3 is 9.47 Å². The van der Waals surface area contributed by atoms with Crippen LogP contribution < -0.4 is 15.6 Å². The molecule has 2 rings (SSSR count). The summed E-state index contributed by atoms with van der Waals surface area (Å²) in [5.74, 6) is -0.705. The maximum atomic E-state index is 12.0. The minimum atomic E-state index is -0.649. The number of benzene rings is 2. The third kappa shape index (κ3) is 6.81. The Hall–Kier alpha value is -3.35. The first kappa shape index (κ1) is 20.0. The third-order valence-electron chi connectivity index (χ3n) is 3.36. The van der Waals surface area contributed by atoms with E-state index in [0.717, 1.165) is 0 Å². The number of carbonyl (C=O) groups is 3. The van der Waals surface area contributed by atoms with E-state index in [9.17, 15) is 14.4 Å². The molecule has 0 bridgehead atoms. The second kappa shape index (κ2) is 9.96. The van der Waals surface area contributed by atoms with Gasteiger partial charge >= 0.3 is 5.97 Å². The number of carbonyl (C=O) groups excluding carboxylic acids is 3. The van der Waals surface area contributed by atoms with E-state index in [-0.39, 0.29) is 0 Å². The largest absolute Gasteiger partial charge is 0.493 e. The van der Waals surface area contributed by atoms with Crippen LogP contribution in [0.4, 0.5) is 0 Å². The van der Waals surface area contributed by atoms with Crippen LogP contribution in [-0.2, 0) is 9.53 Å². The van der Waals surface area contributed by atoms with E-state index >= 15 is 0 Å². The molecule has 0 aliphatic rings. The van der Waals surface area contributed by atoms with Gasteiger partial charge in [-0.3, -0.25) is 20.4 Å². The van der Waals surface area contributed by atoms with Crippen molar-refractivity contribution in [3.63, 3.8) is 0 Å². The molecular formula is C20H22N2O5. The van der Waals surface area contributed by atoms with Crippen LogP contribution in [0, 0.1) is 5.92 Å². The zero-order valence-electron chi connectivity index (χ0n) is 15.2. The highest BCUT2D eigenvalue weighted by Gasteiger charge is 2.12. The van der Waals surface area contributed by atoms with Gasteiger partial charge in [-0.1, -0.05) is 32.0 Å². The van der Waals surface area contributed by atoms with Crippen molar-refractivity contribution < 1.29 is 23.9 Å². The highest BCUT2D eigenvalue weighted by molar-refractivity contribution is 5.96. The molecule has 0 aromatic heterocycles. The molecule has 0 saturated carbocycles. The Bertz CT molecular complexity index is 773. The van der Waals surface area contributed by atoms with Crippen LogP contribution in [0.3, 0.4) is 0 Å². The summed E-state index contributed by atoms with van der Waals surface area (Å²) in [4.78, 5) is 35.4. The van der Waals surface area contributed by atoms with E-state index in [1.165, 1.54) is 0 Å². The average Bonchev–Trinajstić information content (AvgIpc) is 2.69. The van der Waals surface area contributed by atoms with Crippen LogP contribution in [-0.4, -0.2) is 31.0 Å². The Balaban J connectivity index is 1.74. The maximum Gasteiger partial charge on any atom is 0.338 e. The molecule has 7 heteroatoms. The summed E-state index contributed by atoms with van der Waals surface area (Å²) in [6, 6.07) is 14.9. The van der Waals surface area contributed by atoms with Gasteiger partial charge in [0.2, 0.25) is 0 Å². The molecule has 2 aromatic carbocycles. The van der Waals surface area contributed by atoms with Gasteiger partial charge in [-0.15, -0.1) is 0 Å². The Morgan fingerprint density at radius 3 is 2.19 bits per heavy atom. The zero-order chi connectivity index (χ0) is 19.6. The molecule has 0 heterocycles. The number of ether oxygens (including phenoxy) is 2. The topological polar surface area (TPSA) is 93.7 Å². The normalized spacial score (nSPS) is 10.2. The van der Waals surface area contributed by atoms with Crippen molar-refractivity contribution in [2.24, 2.45) is 5.92 Å². The van der Waals surface area contributed by atoms with Gasteiger partial charge in [-0.05, 0) is 42.3 Å². The number of rotatable bonds is 7. The highest BCUT2D eigenvalue weighted by atomic mass is 16.5. The highest BCUT2D eigenvalue weighted by Crippen LogP contribution is 2.14. The fourth-order valence-corrected chi connectivity index (χ4v) is 1.99. The zero-order valence-corrected chi connectivity index (χ0v) is 15.2. The summed E-state index contributed by atoms with van der Waals surface area (Å²) in [6.07, 6.45) is 0. The predicted molar refractivity (Wildman–Crippen MR) is 99.1 cm³/mol. The average molecular weight is 370 g/mol. The summed E-state index contributed by atoms with van der Waals surface area (Å²) in [6.45, 7) is 4.15. The Kier molecular flexibility index (Phi) is 7.37. The van der Waals surface area contributed by atoms with E-state index in [4.69, 9.17) is 9.47 Å². The van der Waals surface area contributed by atoms with Gasteiger partial charge in [0.25, 0.3) is 11.8 Å². The van der Waals surface area contributed by atoms with Crippen molar-refractivity contribution in [1.29, 1.82) is 0 Å². The SMILES string of the molecule is CC(C)COc1ccc(C(=O)OCC(=O)NNC(=O)c2ccccc2)cc1. The van der Waals surface area contributed by atoms with Crippen LogP contribution in [0.1, 0.15) is 34.6 Å². The van der Waals surface area contributed by atoms with Gasteiger partial charge in [0.1, 0.15) is 5.75 Å². The first-order valence-corrected chi connectivity index (χ1v) is 8.50. The second-order valence-corrected chi connectivity index (χ2v) is 6.17. The minimum Gasteiger partial charge on any atom is -0.493 e. The van der Waals surface area contributed by atoms with Crippen LogP contribution in [0.2, 0.25) is 0 Å². The Labute approximate surface area is 157 Å². The summed E-state index contributed by atoms with van der Waals surface area (Å²) >= 11 is 0. The van der Waals surface area contributed by atoms with E-state index < -0.39 is 24.4 Å². The molecule has 7 nitrogen and oxygen atoms in total. The van der Waals surface area contributed by atoms with Gasteiger partial charge in [0.15, 0.2) is 6.61 Å². The van der Waals surface area contributed by atoms with E-state index in [2.05, 4.69) is 10.9 Å².